The van der Waals surface area contributed by atoms with Gasteiger partial charge in [0.2, 0.25) is 0 Å². The minimum absolute atomic E-state index is 0.141. The molecule has 0 fully saturated rings. The van der Waals surface area contributed by atoms with Crippen molar-refractivity contribution in [2.75, 3.05) is 6.61 Å². The molecule has 5 nitrogen and oxygen atoms in total. The predicted octanol–water partition coefficient (Wildman–Crippen LogP) is 3.98. The largest absolute Gasteiger partial charge is 0.504 e. The van der Waals surface area contributed by atoms with Crippen molar-refractivity contribution in [3.63, 3.8) is 0 Å². The van der Waals surface area contributed by atoms with Crippen molar-refractivity contribution in [3.8, 4) is 17.2 Å². The van der Waals surface area contributed by atoms with Crippen LogP contribution >= 0.6 is 0 Å². The Labute approximate surface area is 137 Å². The molecule has 0 saturated heterocycles. The number of carbonyl (C=O) groups is 1. The minimum atomic E-state index is -0.543. The van der Waals surface area contributed by atoms with Crippen molar-refractivity contribution in [3.05, 3.63) is 30.4 Å². The molecule has 0 radical (unpaired) electrons. The molecule has 0 saturated carbocycles. The average Bonchev–Trinajstić information content (AvgIpc) is 2.54. The van der Waals surface area contributed by atoms with Gasteiger partial charge in [-0.2, -0.15) is 0 Å². The van der Waals surface area contributed by atoms with Gasteiger partial charge in [0.25, 0.3) is 0 Å². The smallest absolute Gasteiger partial charge is 0.330 e. The van der Waals surface area contributed by atoms with E-state index in [1.807, 2.05) is 0 Å². The maximum absolute atomic E-state index is 11.3. The van der Waals surface area contributed by atoms with Gasteiger partial charge in [0.1, 0.15) is 0 Å². The highest BCUT2D eigenvalue weighted by Crippen LogP contribution is 2.38. The standard InChI is InChI=1S/C18H26O5/c1-3-5-6-7-8-9-13(12-23-17(21)4-2)14-10-15(19)18(22)16(20)11-14/h4,10-11,13,19-20,22H,2-3,5-9,12H2,1H3. The average molecular weight is 322 g/mol. The number of phenolic OH excluding ortho intramolecular Hbond substituents is 3. The normalized spacial score (nSPS) is 11.9. The number of carbonyl (C=O) groups excluding carboxylic acids is 1. The summed E-state index contributed by atoms with van der Waals surface area (Å²) in [5.41, 5.74) is 0.630. The predicted molar refractivity (Wildman–Crippen MR) is 88.7 cm³/mol. The monoisotopic (exact) mass is 322 g/mol. The molecule has 1 unspecified atom stereocenters. The van der Waals surface area contributed by atoms with Crippen molar-refractivity contribution >= 4 is 5.97 Å². The summed E-state index contributed by atoms with van der Waals surface area (Å²) in [6.07, 6.45) is 7.41. The van der Waals surface area contributed by atoms with Gasteiger partial charge in [-0.15, -0.1) is 0 Å². The van der Waals surface area contributed by atoms with Gasteiger partial charge in [-0.05, 0) is 24.1 Å². The van der Waals surface area contributed by atoms with Crippen LogP contribution in [0.5, 0.6) is 17.2 Å². The molecule has 1 aromatic carbocycles. The molecule has 1 rings (SSSR count). The molecule has 0 heterocycles. The molecule has 128 valence electrons. The van der Waals surface area contributed by atoms with Crippen molar-refractivity contribution in [2.45, 2.75) is 51.4 Å². The molecule has 0 aromatic heterocycles. The van der Waals surface area contributed by atoms with Crippen molar-refractivity contribution < 1.29 is 24.9 Å². The van der Waals surface area contributed by atoms with E-state index in [0.717, 1.165) is 31.8 Å². The lowest BCUT2D eigenvalue weighted by atomic mass is 9.93. The third-order valence-electron chi connectivity index (χ3n) is 3.81. The minimum Gasteiger partial charge on any atom is -0.504 e. The Morgan fingerprint density at radius 2 is 1.78 bits per heavy atom. The molecular weight excluding hydrogens is 296 g/mol. The molecule has 0 spiro atoms. The van der Waals surface area contributed by atoms with Crippen LogP contribution in [0.2, 0.25) is 0 Å². The van der Waals surface area contributed by atoms with Crippen molar-refractivity contribution in [1.82, 2.24) is 0 Å². The second-order valence-electron chi connectivity index (χ2n) is 5.64. The van der Waals surface area contributed by atoms with Crippen LogP contribution in [-0.2, 0) is 9.53 Å². The highest BCUT2D eigenvalue weighted by molar-refractivity contribution is 5.81. The topological polar surface area (TPSA) is 87.0 Å². The van der Waals surface area contributed by atoms with E-state index in [1.54, 1.807) is 0 Å². The molecule has 0 amide bonds. The van der Waals surface area contributed by atoms with E-state index >= 15 is 0 Å². The molecule has 0 aliphatic carbocycles. The lowest BCUT2D eigenvalue weighted by Crippen LogP contribution is -2.11. The fourth-order valence-corrected chi connectivity index (χ4v) is 2.44. The van der Waals surface area contributed by atoms with Gasteiger partial charge in [0.15, 0.2) is 17.2 Å². The first-order chi connectivity index (χ1) is 11.0. The van der Waals surface area contributed by atoms with Crippen LogP contribution in [0.1, 0.15) is 56.9 Å². The molecule has 1 atom stereocenters. The summed E-state index contributed by atoms with van der Waals surface area (Å²) < 4.78 is 5.11. The maximum Gasteiger partial charge on any atom is 0.330 e. The first-order valence-electron chi connectivity index (χ1n) is 8.03. The Hall–Kier alpha value is -2.17. The number of phenols is 3. The number of rotatable bonds is 10. The van der Waals surface area contributed by atoms with Crippen LogP contribution in [-0.4, -0.2) is 27.9 Å². The van der Waals surface area contributed by atoms with E-state index in [9.17, 15) is 20.1 Å². The van der Waals surface area contributed by atoms with Gasteiger partial charge >= 0.3 is 5.97 Å². The summed E-state index contributed by atoms with van der Waals surface area (Å²) in [5, 5.41) is 28.8. The van der Waals surface area contributed by atoms with Gasteiger partial charge in [-0.25, -0.2) is 4.79 Å². The summed E-state index contributed by atoms with van der Waals surface area (Å²) >= 11 is 0. The van der Waals surface area contributed by atoms with E-state index in [-0.39, 0.29) is 24.0 Å². The fourth-order valence-electron chi connectivity index (χ4n) is 2.44. The van der Waals surface area contributed by atoms with Crippen LogP contribution in [0, 0.1) is 0 Å². The van der Waals surface area contributed by atoms with Gasteiger partial charge < -0.3 is 20.1 Å². The number of ether oxygens (including phenoxy) is 1. The number of benzene rings is 1. The quantitative estimate of drug-likeness (QED) is 0.262. The number of unbranched alkanes of at least 4 members (excludes halogenated alkanes) is 4. The van der Waals surface area contributed by atoms with E-state index in [1.165, 1.54) is 25.0 Å². The zero-order valence-corrected chi connectivity index (χ0v) is 13.6. The van der Waals surface area contributed by atoms with E-state index in [0.29, 0.717) is 5.56 Å². The van der Waals surface area contributed by atoms with Crippen LogP contribution in [0.3, 0.4) is 0 Å². The van der Waals surface area contributed by atoms with Crippen molar-refractivity contribution in [1.29, 1.82) is 0 Å². The molecule has 0 aliphatic rings. The second kappa shape index (κ2) is 9.77. The van der Waals surface area contributed by atoms with E-state index < -0.39 is 11.7 Å². The van der Waals surface area contributed by atoms with E-state index in [2.05, 4.69) is 13.5 Å². The summed E-state index contributed by atoms with van der Waals surface area (Å²) in [6.45, 7) is 5.65. The lowest BCUT2D eigenvalue weighted by molar-refractivity contribution is -0.138. The zero-order valence-electron chi connectivity index (χ0n) is 13.6. The number of hydrogen-bond donors (Lipinski definition) is 3. The molecule has 3 N–H and O–H groups in total. The van der Waals surface area contributed by atoms with Crippen LogP contribution < -0.4 is 0 Å². The van der Waals surface area contributed by atoms with Crippen LogP contribution in [0.15, 0.2) is 24.8 Å². The summed E-state index contributed by atoms with van der Waals surface area (Å²) in [5.74, 6) is -1.97. The van der Waals surface area contributed by atoms with Gasteiger partial charge in [0, 0.05) is 12.0 Å². The number of hydrogen-bond acceptors (Lipinski definition) is 5. The zero-order chi connectivity index (χ0) is 17.2. The first kappa shape index (κ1) is 18.9. The summed E-state index contributed by atoms with van der Waals surface area (Å²) in [7, 11) is 0. The molecule has 1 aromatic rings. The highest BCUT2D eigenvalue weighted by atomic mass is 16.5. The molecular formula is C18H26O5. The lowest BCUT2D eigenvalue weighted by Gasteiger charge is -2.18. The molecule has 5 heteroatoms. The first-order valence-corrected chi connectivity index (χ1v) is 8.03. The fraction of sp³-hybridized carbons (Fsp3) is 0.500. The van der Waals surface area contributed by atoms with Crippen LogP contribution in [0.4, 0.5) is 0 Å². The third kappa shape index (κ3) is 6.22. The Bertz CT molecular complexity index is 501. The summed E-state index contributed by atoms with van der Waals surface area (Å²) in [6, 6.07) is 2.79. The molecule has 23 heavy (non-hydrogen) atoms. The third-order valence-corrected chi connectivity index (χ3v) is 3.81. The second-order valence-corrected chi connectivity index (χ2v) is 5.64. The van der Waals surface area contributed by atoms with E-state index in [4.69, 9.17) is 4.74 Å². The molecule has 0 aliphatic heterocycles. The Balaban J connectivity index is 2.76. The Kier molecular flexibility index (Phi) is 8.02. The number of aromatic hydroxyl groups is 3. The van der Waals surface area contributed by atoms with Crippen molar-refractivity contribution in [2.24, 2.45) is 0 Å². The van der Waals surface area contributed by atoms with Crippen LogP contribution in [0.25, 0.3) is 0 Å². The SMILES string of the molecule is C=CC(=O)OCC(CCCCCCC)c1cc(O)c(O)c(O)c1. The Morgan fingerprint density at radius 1 is 1.17 bits per heavy atom. The maximum atomic E-state index is 11.3. The van der Waals surface area contributed by atoms with Gasteiger partial charge in [-0.1, -0.05) is 45.6 Å². The van der Waals surface area contributed by atoms with Gasteiger partial charge in [-0.3, -0.25) is 0 Å². The Morgan fingerprint density at radius 3 is 2.35 bits per heavy atom. The highest BCUT2D eigenvalue weighted by Gasteiger charge is 2.18. The number of esters is 1. The summed E-state index contributed by atoms with van der Waals surface area (Å²) in [4.78, 5) is 11.3. The molecule has 0 bridgehead atoms. The van der Waals surface area contributed by atoms with Gasteiger partial charge in [0.05, 0.1) is 6.61 Å².